The predicted octanol–water partition coefficient (Wildman–Crippen LogP) is 1.53. The highest BCUT2D eigenvalue weighted by Gasteiger charge is 2.08. The van der Waals surface area contributed by atoms with Gasteiger partial charge in [-0.05, 0) is 52.4 Å². The summed E-state index contributed by atoms with van der Waals surface area (Å²) in [7, 11) is 4.19. The van der Waals surface area contributed by atoms with Crippen LogP contribution in [0.3, 0.4) is 0 Å². The zero-order valence-corrected chi connectivity index (χ0v) is 13.3. The minimum Gasteiger partial charge on any atom is -0.341 e. The van der Waals surface area contributed by atoms with Crippen LogP contribution >= 0.6 is 0 Å². The largest absolute Gasteiger partial charge is 0.341 e. The molecule has 1 aromatic heterocycles. The van der Waals surface area contributed by atoms with Crippen molar-refractivity contribution in [1.82, 2.24) is 14.9 Å². The zero-order chi connectivity index (χ0) is 15.0. The molecule has 0 fully saturated rings. The maximum Gasteiger partial charge on any atom is 0.225 e. The molecule has 1 heterocycles. The first-order valence-electron chi connectivity index (χ1n) is 7.53. The second kappa shape index (κ2) is 8.87. The van der Waals surface area contributed by atoms with Gasteiger partial charge in [-0.15, -0.1) is 0 Å². The van der Waals surface area contributed by atoms with Crippen molar-refractivity contribution in [3.63, 3.8) is 0 Å². The molecule has 0 aliphatic carbocycles. The summed E-state index contributed by atoms with van der Waals surface area (Å²) in [4.78, 5) is 13.4. The SMILES string of the molecule is CCC(N)Cc1cnc(N(CC)CCCN(C)C)nc1. The molecule has 0 saturated carbocycles. The number of hydrogen-bond acceptors (Lipinski definition) is 5. The minimum atomic E-state index is 0.201. The molecule has 0 aliphatic rings. The predicted molar refractivity (Wildman–Crippen MR) is 85.1 cm³/mol. The first-order chi connectivity index (χ1) is 9.56. The van der Waals surface area contributed by atoms with Crippen molar-refractivity contribution in [2.75, 3.05) is 38.6 Å². The van der Waals surface area contributed by atoms with Crippen molar-refractivity contribution < 1.29 is 0 Å². The van der Waals surface area contributed by atoms with E-state index in [-0.39, 0.29) is 6.04 Å². The van der Waals surface area contributed by atoms with Crippen LogP contribution in [-0.4, -0.2) is 54.6 Å². The third kappa shape index (κ3) is 5.84. The molecule has 114 valence electrons. The Bertz CT molecular complexity index is 363. The number of nitrogens with zero attached hydrogens (tertiary/aromatic N) is 4. The van der Waals surface area contributed by atoms with E-state index in [0.717, 1.165) is 50.4 Å². The molecule has 0 saturated heterocycles. The summed E-state index contributed by atoms with van der Waals surface area (Å²) >= 11 is 0. The van der Waals surface area contributed by atoms with E-state index < -0.39 is 0 Å². The third-order valence-electron chi connectivity index (χ3n) is 3.41. The van der Waals surface area contributed by atoms with E-state index in [2.05, 4.69) is 47.7 Å². The molecule has 0 aliphatic heterocycles. The molecule has 0 radical (unpaired) electrons. The lowest BCUT2D eigenvalue weighted by atomic mass is 10.1. The van der Waals surface area contributed by atoms with Crippen LogP contribution in [0.4, 0.5) is 5.95 Å². The Hall–Kier alpha value is -1.20. The molecule has 2 N–H and O–H groups in total. The van der Waals surface area contributed by atoms with E-state index in [9.17, 15) is 0 Å². The first kappa shape index (κ1) is 16.9. The Morgan fingerprint density at radius 3 is 2.30 bits per heavy atom. The molecule has 1 rings (SSSR count). The summed E-state index contributed by atoms with van der Waals surface area (Å²) in [5.74, 6) is 0.820. The van der Waals surface area contributed by atoms with E-state index in [1.807, 2.05) is 12.4 Å². The molecule has 1 unspecified atom stereocenters. The van der Waals surface area contributed by atoms with Crippen molar-refractivity contribution in [3.8, 4) is 0 Å². The Balaban J connectivity index is 2.55. The van der Waals surface area contributed by atoms with Gasteiger partial charge >= 0.3 is 0 Å². The van der Waals surface area contributed by atoms with Crippen LogP contribution in [0.2, 0.25) is 0 Å². The minimum absolute atomic E-state index is 0.201. The number of hydrogen-bond donors (Lipinski definition) is 1. The highest BCUT2D eigenvalue weighted by atomic mass is 15.2. The zero-order valence-electron chi connectivity index (χ0n) is 13.3. The second-order valence-electron chi connectivity index (χ2n) is 5.50. The van der Waals surface area contributed by atoms with Crippen LogP contribution in [0.1, 0.15) is 32.3 Å². The number of aromatic nitrogens is 2. The van der Waals surface area contributed by atoms with E-state index in [1.54, 1.807) is 0 Å². The average Bonchev–Trinajstić information content (AvgIpc) is 2.44. The van der Waals surface area contributed by atoms with Gasteiger partial charge in [-0.2, -0.15) is 0 Å². The lowest BCUT2D eigenvalue weighted by Gasteiger charge is -2.21. The maximum atomic E-state index is 5.95. The summed E-state index contributed by atoms with van der Waals surface area (Å²) in [6.07, 6.45) is 6.77. The van der Waals surface area contributed by atoms with Crippen molar-refractivity contribution in [2.24, 2.45) is 5.73 Å². The van der Waals surface area contributed by atoms with Crippen LogP contribution in [0.25, 0.3) is 0 Å². The molecule has 1 atom stereocenters. The summed E-state index contributed by atoms with van der Waals surface area (Å²) in [6.45, 7) is 7.24. The van der Waals surface area contributed by atoms with E-state index >= 15 is 0 Å². The van der Waals surface area contributed by atoms with E-state index in [0.29, 0.717) is 0 Å². The number of anilines is 1. The fourth-order valence-electron chi connectivity index (χ4n) is 2.04. The lowest BCUT2D eigenvalue weighted by molar-refractivity contribution is 0.400. The molecular formula is C15H29N5. The Morgan fingerprint density at radius 2 is 1.80 bits per heavy atom. The van der Waals surface area contributed by atoms with Gasteiger partial charge in [-0.1, -0.05) is 6.92 Å². The quantitative estimate of drug-likeness (QED) is 0.743. The molecule has 0 aromatic carbocycles. The Morgan fingerprint density at radius 1 is 1.15 bits per heavy atom. The summed E-state index contributed by atoms with van der Waals surface area (Å²) < 4.78 is 0. The summed E-state index contributed by atoms with van der Waals surface area (Å²) in [6, 6.07) is 0.201. The van der Waals surface area contributed by atoms with Crippen molar-refractivity contribution >= 4 is 5.95 Å². The highest BCUT2D eigenvalue weighted by molar-refractivity contribution is 5.29. The van der Waals surface area contributed by atoms with E-state index in [1.165, 1.54) is 0 Å². The van der Waals surface area contributed by atoms with Gasteiger partial charge in [0.2, 0.25) is 5.95 Å². The molecule has 5 heteroatoms. The highest BCUT2D eigenvalue weighted by Crippen LogP contribution is 2.09. The fourth-order valence-corrected chi connectivity index (χ4v) is 2.04. The van der Waals surface area contributed by atoms with Crippen LogP contribution in [0, 0.1) is 0 Å². The summed E-state index contributed by atoms with van der Waals surface area (Å²) in [5, 5.41) is 0. The van der Waals surface area contributed by atoms with Crippen LogP contribution in [0.15, 0.2) is 12.4 Å². The molecule has 5 nitrogen and oxygen atoms in total. The van der Waals surface area contributed by atoms with Gasteiger partial charge in [0.25, 0.3) is 0 Å². The molecule has 1 aromatic rings. The number of rotatable bonds is 9. The lowest BCUT2D eigenvalue weighted by Crippen LogP contribution is -2.28. The maximum absolute atomic E-state index is 5.95. The van der Waals surface area contributed by atoms with Gasteiger partial charge < -0.3 is 15.5 Å². The third-order valence-corrected chi connectivity index (χ3v) is 3.41. The average molecular weight is 279 g/mol. The fraction of sp³-hybridized carbons (Fsp3) is 0.733. The monoisotopic (exact) mass is 279 g/mol. The van der Waals surface area contributed by atoms with Crippen molar-refractivity contribution in [3.05, 3.63) is 18.0 Å². The smallest absolute Gasteiger partial charge is 0.225 e. The Kier molecular flexibility index (Phi) is 7.47. The van der Waals surface area contributed by atoms with Gasteiger partial charge in [0.1, 0.15) is 0 Å². The molecular weight excluding hydrogens is 250 g/mol. The molecule has 0 spiro atoms. The molecule has 20 heavy (non-hydrogen) atoms. The van der Waals surface area contributed by atoms with Crippen LogP contribution < -0.4 is 10.6 Å². The second-order valence-corrected chi connectivity index (χ2v) is 5.50. The van der Waals surface area contributed by atoms with Gasteiger partial charge in [0, 0.05) is 31.5 Å². The summed E-state index contributed by atoms with van der Waals surface area (Å²) in [5.41, 5.74) is 7.07. The number of nitrogens with two attached hydrogens (primary N) is 1. The van der Waals surface area contributed by atoms with Gasteiger partial charge in [0.05, 0.1) is 0 Å². The van der Waals surface area contributed by atoms with E-state index in [4.69, 9.17) is 5.73 Å². The standard InChI is InChI=1S/C15H29N5/c1-5-14(16)10-13-11-17-15(18-12-13)20(6-2)9-7-8-19(3)4/h11-12,14H,5-10,16H2,1-4H3. The first-order valence-corrected chi connectivity index (χ1v) is 7.53. The molecule has 0 amide bonds. The Labute approximate surface area is 123 Å². The topological polar surface area (TPSA) is 58.3 Å². The normalized spacial score (nSPS) is 12.7. The van der Waals surface area contributed by atoms with Crippen molar-refractivity contribution in [1.29, 1.82) is 0 Å². The van der Waals surface area contributed by atoms with Gasteiger partial charge in [0.15, 0.2) is 0 Å². The van der Waals surface area contributed by atoms with Gasteiger partial charge in [-0.3, -0.25) is 0 Å². The molecule has 0 bridgehead atoms. The van der Waals surface area contributed by atoms with Gasteiger partial charge in [-0.25, -0.2) is 9.97 Å². The van der Waals surface area contributed by atoms with Crippen molar-refractivity contribution in [2.45, 2.75) is 39.2 Å². The van der Waals surface area contributed by atoms with Crippen LogP contribution in [0.5, 0.6) is 0 Å². The van der Waals surface area contributed by atoms with Crippen LogP contribution in [-0.2, 0) is 6.42 Å².